The average molecular weight is 535 g/mol. The van der Waals surface area contributed by atoms with Crippen LogP contribution < -0.4 is 24.3 Å². The number of methoxy groups -OCH3 is 2. The largest absolute Gasteiger partial charge is 0.493 e. The Bertz CT molecular complexity index is 1540. The molecule has 202 valence electrons. The second kappa shape index (κ2) is 13.5. The highest BCUT2D eigenvalue weighted by molar-refractivity contribution is 6.10. The Morgan fingerprint density at radius 3 is 2.08 bits per heavy atom. The zero-order valence-corrected chi connectivity index (χ0v) is 22.6. The first kappa shape index (κ1) is 27.8. The molecule has 0 saturated heterocycles. The zero-order chi connectivity index (χ0) is 28.3. The van der Waals surface area contributed by atoms with Crippen LogP contribution in [0.5, 0.6) is 23.0 Å². The van der Waals surface area contributed by atoms with Crippen LogP contribution >= 0.6 is 0 Å². The van der Waals surface area contributed by atoms with Crippen LogP contribution in [0.1, 0.15) is 22.3 Å². The number of nitrogens with zero attached hydrogens (tertiary/aromatic N) is 1. The molecule has 40 heavy (non-hydrogen) atoms. The summed E-state index contributed by atoms with van der Waals surface area (Å²) in [6.07, 6.45) is 1.51. The van der Waals surface area contributed by atoms with Gasteiger partial charge < -0.3 is 24.3 Å². The van der Waals surface area contributed by atoms with E-state index in [1.807, 2.05) is 79.7 Å². The Morgan fingerprint density at radius 1 is 0.775 bits per heavy atom. The maximum absolute atomic E-state index is 12.7. The number of rotatable bonds is 11. The number of benzene rings is 4. The predicted molar refractivity (Wildman–Crippen MR) is 154 cm³/mol. The molecule has 4 rings (SSSR count). The summed E-state index contributed by atoms with van der Waals surface area (Å²) in [4.78, 5) is 12.7. The lowest BCUT2D eigenvalue weighted by atomic mass is 10.1. The molecule has 0 aliphatic heterocycles. The molecule has 7 nitrogen and oxygen atoms in total. The summed E-state index contributed by atoms with van der Waals surface area (Å²) in [5.74, 6) is 1.76. The molecule has 0 bridgehead atoms. The van der Waals surface area contributed by atoms with Gasteiger partial charge in [0.25, 0.3) is 5.91 Å². The van der Waals surface area contributed by atoms with Crippen LogP contribution in [0.2, 0.25) is 0 Å². The molecule has 0 heterocycles. The number of ether oxygens (including phenoxy) is 4. The van der Waals surface area contributed by atoms with Gasteiger partial charge in [0.1, 0.15) is 24.9 Å². The third kappa shape index (κ3) is 7.21. The molecule has 7 heteroatoms. The predicted octanol–water partition coefficient (Wildman–Crippen LogP) is 6.72. The second-order valence-corrected chi connectivity index (χ2v) is 8.90. The number of amides is 1. The molecular formula is C33H30N2O5. The van der Waals surface area contributed by atoms with Gasteiger partial charge in [0.2, 0.25) is 0 Å². The van der Waals surface area contributed by atoms with Crippen LogP contribution in [0, 0.1) is 18.3 Å². The third-order valence-corrected chi connectivity index (χ3v) is 6.12. The molecule has 4 aromatic carbocycles. The lowest BCUT2D eigenvalue weighted by Gasteiger charge is -2.14. The quantitative estimate of drug-likeness (QED) is 0.170. The SMILES string of the molecule is COc1cc(/C=C(/C#N)C(=O)Nc2ccccc2C)ccc1OCc1ccc(OCc2ccccc2)c(OC)c1. The highest BCUT2D eigenvalue weighted by Crippen LogP contribution is 2.32. The number of aryl methyl sites for hydroxylation is 1. The first-order valence-corrected chi connectivity index (χ1v) is 12.6. The summed E-state index contributed by atoms with van der Waals surface area (Å²) in [6.45, 7) is 2.59. The smallest absolute Gasteiger partial charge is 0.266 e. The molecule has 0 fully saturated rings. The summed E-state index contributed by atoms with van der Waals surface area (Å²) >= 11 is 0. The van der Waals surface area contributed by atoms with Crippen molar-refractivity contribution in [3.8, 4) is 29.1 Å². The Balaban J connectivity index is 1.43. The lowest BCUT2D eigenvalue weighted by Crippen LogP contribution is -2.14. The standard InChI is InChI=1S/C33H30N2O5/c1-23-9-7-8-12-28(23)35-33(36)27(20-34)17-25-13-15-29(31(18-25)37-2)40-22-26-14-16-30(32(19-26)38-3)39-21-24-10-5-4-6-11-24/h4-19H,21-22H2,1-3H3,(H,35,36)/b27-17-. The molecule has 0 spiro atoms. The third-order valence-electron chi connectivity index (χ3n) is 6.12. The van der Waals surface area contributed by atoms with Crippen molar-refractivity contribution in [2.45, 2.75) is 20.1 Å². The molecule has 1 amide bonds. The highest BCUT2D eigenvalue weighted by atomic mass is 16.5. The lowest BCUT2D eigenvalue weighted by molar-refractivity contribution is -0.112. The summed E-state index contributed by atoms with van der Waals surface area (Å²) in [7, 11) is 3.13. The van der Waals surface area contributed by atoms with E-state index in [1.165, 1.54) is 13.2 Å². The van der Waals surface area contributed by atoms with Gasteiger partial charge in [-0.25, -0.2) is 0 Å². The molecule has 0 unspecified atom stereocenters. The normalized spacial score (nSPS) is 10.8. The first-order chi connectivity index (χ1) is 19.5. The number of anilines is 1. The minimum Gasteiger partial charge on any atom is -0.493 e. The molecule has 0 radical (unpaired) electrons. The van der Waals surface area contributed by atoms with Crippen molar-refractivity contribution in [3.63, 3.8) is 0 Å². The number of carbonyl (C=O) groups is 1. The van der Waals surface area contributed by atoms with Crippen LogP contribution in [0.3, 0.4) is 0 Å². The van der Waals surface area contributed by atoms with E-state index in [0.29, 0.717) is 40.9 Å². The van der Waals surface area contributed by atoms with E-state index in [-0.39, 0.29) is 12.2 Å². The van der Waals surface area contributed by atoms with E-state index < -0.39 is 5.91 Å². The van der Waals surface area contributed by atoms with Crippen molar-refractivity contribution < 1.29 is 23.7 Å². The fourth-order valence-corrected chi connectivity index (χ4v) is 3.93. The topological polar surface area (TPSA) is 89.8 Å². The molecular weight excluding hydrogens is 504 g/mol. The molecule has 1 N–H and O–H groups in total. The van der Waals surface area contributed by atoms with Gasteiger partial charge in [-0.3, -0.25) is 4.79 Å². The van der Waals surface area contributed by atoms with Crippen molar-refractivity contribution in [1.82, 2.24) is 0 Å². The van der Waals surface area contributed by atoms with Gasteiger partial charge in [-0.15, -0.1) is 0 Å². The first-order valence-electron chi connectivity index (χ1n) is 12.6. The van der Waals surface area contributed by atoms with Gasteiger partial charge in [-0.2, -0.15) is 5.26 Å². The number of para-hydroxylation sites is 1. The molecule has 0 aromatic heterocycles. The summed E-state index contributed by atoms with van der Waals surface area (Å²) in [6, 6.07) is 30.2. The number of hydrogen-bond donors (Lipinski definition) is 1. The van der Waals surface area contributed by atoms with Crippen molar-refractivity contribution >= 4 is 17.7 Å². The number of nitrogens with one attached hydrogen (secondary N) is 1. The summed E-state index contributed by atoms with van der Waals surface area (Å²) in [5.41, 5.74) is 4.11. The Hall–Kier alpha value is -5.22. The van der Waals surface area contributed by atoms with Gasteiger partial charge >= 0.3 is 0 Å². The molecule has 4 aromatic rings. The monoisotopic (exact) mass is 534 g/mol. The fraction of sp³-hybridized carbons (Fsp3) is 0.152. The number of nitriles is 1. The molecule has 0 aliphatic rings. The summed E-state index contributed by atoms with van der Waals surface area (Å²) in [5, 5.41) is 12.4. The number of carbonyl (C=O) groups excluding carboxylic acids is 1. The van der Waals surface area contributed by atoms with E-state index in [9.17, 15) is 10.1 Å². The van der Waals surface area contributed by atoms with Gasteiger partial charge in [0, 0.05) is 5.69 Å². The maximum Gasteiger partial charge on any atom is 0.266 e. The minimum atomic E-state index is -0.485. The van der Waals surface area contributed by atoms with Gasteiger partial charge in [-0.1, -0.05) is 60.7 Å². The number of hydrogen-bond acceptors (Lipinski definition) is 6. The maximum atomic E-state index is 12.7. The van der Waals surface area contributed by atoms with Crippen LogP contribution in [-0.4, -0.2) is 20.1 Å². The van der Waals surface area contributed by atoms with Gasteiger partial charge in [0.05, 0.1) is 14.2 Å². The van der Waals surface area contributed by atoms with Gasteiger partial charge in [0.15, 0.2) is 23.0 Å². The van der Waals surface area contributed by atoms with Crippen LogP contribution in [0.4, 0.5) is 5.69 Å². The van der Waals surface area contributed by atoms with E-state index in [2.05, 4.69) is 5.32 Å². The van der Waals surface area contributed by atoms with E-state index >= 15 is 0 Å². The van der Waals surface area contributed by atoms with E-state index in [0.717, 1.165) is 16.7 Å². The van der Waals surface area contributed by atoms with Gasteiger partial charge in [-0.05, 0) is 65.6 Å². The van der Waals surface area contributed by atoms with Crippen LogP contribution in [0.15, 0.2) is 96.6 Å². The van der Waals surface area contributed by atoms with Crippen molar-refractivity contribution in [3.05, 3.63) is 119 Å². The molecule has 0 saturated carbocycles. The Labute approximate surface area is 234 Å². The Kier molecular flexibility index (Phi) is 9.41. The molecule has 0 atom stereocenters. The van der Waals surface area contributed by atoms with E-state index in [1.54, 1.807) is 31.4 Å². The van der Waals surface area contributed by atoms with Crippen molar-refractivity contribution in [1.29, 1.82) is 5.26 Å². The van der Waals surface area contributed by atoms with Crippen LogP contribution in [0.25, 0.3) is 6.08 Å². The molecule has 0 aliphatic carbocycles. The minimum absolute atomic E-state index is 0.0272. The Morgan fingerprint density at radius 2 is 1.40 bits per heavy atom. The summed E-state index contributed by atoms with van der Waals surface area (Å²) < 4.78 is 23.0. The van der Waals surface area contributed by atoms with Crippen molar-refractivity contribution in [2.24, 2.45) is 0 Å². The van der Waals surface area contributed by atoms with E-state index in [4.69, 9.17) is 18.9 Å². The highest BCUT2D eigenvalue weighted by Gasteiger charge is 2.13. The average Bonchev–Trinajstić information content (AvgIpc) is 2.99. The van der Waals surface area contributed by atoms with Crippen LogP contribution in [-0.2, 0) is 18.0 Å². The van der Waals surface area contributed by atoms with Crippen molar-refractivity contribution in [2.75, 3.05) is 19.5 Å². The second-order valence-electron chi connectivity index (χ2n) is 8.90. The zero-order valence-electron chi connectivity index (χ0n) is 22.6. The fourth-order valence-electron chi connectivity index (χ4n) is 3.93.